The van der Waals surface area contributed by atoms with E-state index in [2.05, 4.69) is 0 Å². The van der Waals surface area contributed by atoms with E-state index in [9.17, 15) is 10.1 Å². The van der Waals surface area contributed by atoms with Gasteiger partial charge in [0.25, 0.3) is 0 Å². The standard InChI is InChI=1S/C11H15NO3/c1-9(8-12(13)14)11(15-2)10-6-4-3-5-7-10/h3-7,9,11H,8H2,1-2H3/t9-,11-/m1/s1. The van der Waals surface area contributed by atoms with Gasteiger partial charge >= 0.3 is 0 Å². The summed E-state index contributed by atoms with van der Waals surface area (Å²) in [5.41, 5.74) is 0.981. The van der Waals surface area contributed by atoms with Crippen LogP contribution in [0.3, 0.4) is 0 Å². The normalized spacial score (nSPS) is 14.5. The summed E-state index contributed by atoms with van der Waals surface area (Å²) >= 11 is 0. The molecule has 0 fully saturated rings. The average molecular weight is 209 g/mol. The molecular formula is C11H15NO3. The minimum Gasteiger partial charge on any atom is -0.376 e. The molecule has 0 saturated carbocycles. The SMILES string of the molecule is CO[C@@H](c1ccccc1)[C@H](C)C[N+](=O)[O-]. The first kappa shape index (κ1) is 11.7. The fourth-order valence-electron chi connectivity index (χ4n) is 1.67. The molecule has 0 spiro atoms. The lowest BCUT2D eigenvalue weighted by atomic mass is 9.97. The Morgan fingerprint density at radius 3 is 2.47 bits per heavy atom. The van der Waals surface area contributed by atoms with E-state index in [-0.39, 0.29) is 23.5 Å². The molecule has 1 aromatic rings. The Bertz CT molecular complexity index is 313. The third-order valence-electron chi connectivity index (χ3n) is 2.34. The second-order valence-corrected chi connectivity index (χ2v) is 3.56. The van der Waals surface area contributed by atoms with Gasteiger partial charge in [-0.15, -0.1) is 0 Å². The fourth-order valence-corrected chi connectivity index (χ4v) is 1.67. The molecule has 4 nitrogen and oxygen atoms in total. The molecule has 0 aliphatic carbocycles. The summed E-state index contributed by atoms with van der Waals surface area (Å²) < 4.78 is 5.29. The summed E-state index contributed by atoms with van der Waals surface area (Å²) in [5, 5.41) is 10.4. The van der Waals surface area contributed by atoms with Crippen LogP contribution in [0.4, 0.5) is 0 Å². The Labute approximate surface area is 89.0 Å². The van der Waals surface area contributed by atoms with Gasteiger partial charge in [-0.05, 0) is 5.56 Å². The molecule has 4 heteroatoms. The Morgan fingerprint density at radius 2 is 2.00 bits per heavy atom. The zero-order valence-corrected chi connectivity index (χ0v) is 8.92. The molecule has 2 atom stereocenters. The highest BCUT2D eigenvalue weighted by Crippen LogP contribution is 2.24. The van der Waals surface area contributed by atoms with Crippen LogP contribution in [0.15, 0.2) is 30.3 Å². The minimum absolute atomic E-state index is 0.0760. The number of hydrogen-bond donors (Lipinski definition) is 0. The minimum atomic E-state index is -0.306. The molecule has 0 unspecified atom stereocenters. The third-order valence-corrected chi connectivity index (χ3v) is 2.34. The predicted octanol–water partition coefficient (Wildman–Crippen LogP) is 2.29. The number of hydrogen-bond acceptors (Lipinski definition) is 3. The van der Waals surface area contributed by atoms with Crippen LogP contribution in [0.5, 0.6) is 0 Å². The van der Waals surface area contributed by atoms with E-state index < -0.39 is 0 Å². The summed E-state index contributed by atoms with van der Waals surface area (Å²) in [6, 6.07) is 9.56. The molecule has 0 aromatic heterocycles. The monoisotopic (exact) mass is 209 g/mol. The van der Waals surface area contributed by atoms with E-state index in [1.54, 1.807) is 7.11 Å². The second-order valence-electron chi connectivity index (χ2n) is 3.56. The van der Waals surface area contributed by atoms with E-state index >= 15 is 0 Å². The molecule has 0 amide bonds. The quantitative estimate of drug-likeness (QED) is 0.552. The van der Waals surface area contributed by atoms with E-state index in [0.717, 1.165) is 5.56 Å². The van der Waals surface area contributed by atoms with E-state index in [1.807, 2.05) is 37.3 Å². The van der Waals surface area contributed by atoms with Crippen LogP contribution in [-0.2, 0) is 4.74 Å². The number of nitrogens with zero attached hydrogens (tertiary/aromatic N) is 1. The van der Waals surface area contributed by atoms with Crippen LogP contribution in [0.2, 0.25) is 0 Å². The van der Waals surface area contributed by atoms with Gasteiger partial charge < -0.3 is 4.74 Å². The number of methoxy groups -OCH3 is 1. The topological polar surface area (TPSA) is 52.4 Å². The zero-order chi connectivity index (χ0) is 11.3. The Kier molecular flexibility index (Phi) is 4.24. The van der Waals surface area contributed by atoms with Crippen LogP contribution in [-0.4, -0.2) is 18.6 Å². The predicted molar refractivity (Wildman–Crippen MR) is 57.2 cm³/mol. The van der Waals surface area contributed by atoms with Gasteiger partial charge in [0.05, 0.1) is 12.0 Å². The van der Waals surface area contributed by atoms with Gasteiger partial charge in [0.2, 0.25) is 6.54 Å². The van der Waals surface area contributed by atoms with Crippen molar-refractivity contribution in [2.45, 2.75) is 13.0 Å². The van der Waals surface area contributed by atoms with Gasteiger partial charge in [-0.2, -0.15) is 0 Å². The summed E-state index contributed by atoms with van der Waals surface area (Å²) in [7, 11) is 1.58. The highest BCUT2D eigenvalue weighted by Gasteiger charge is 2.22. The van der Waals surface area contributed by atoms with Crippen molar-refractivity contribution in [3.05, 3.63) is 46.0 Å². The van der Waals surface area contributed by atoms with Gasteiger partial charge in [0.15, 0.2) is 0 Å². The third kappa shape index (κ3) is 3.32. The molecule has 0 radical (unpaired) electrons. The van der Waals surface area contributed by atoms with Gasteiger partial charge in [-0.1, -0.05) is 37.3 Å². The van der Waals surface area contributed by atoms with Crippen LogP contribution >= 0.6 is 0 Å². The highest BCUT2D eigenvalue weighted by molar-refractivity contribution is 5.18. The summed E-state index contributed by atoms with van der Waals surface area (Å²) in [5.74, 6) is -0.132. The van der Waals surface area contributed by atoms with Crippen molar-refractivity contribution in [1.82, 2.24) is 0 Å². The lowest BCUT2D eigenvalue weighted by molar-refractivity contribution is -0.490. The van der Waals surface area contributed by atoms with Crippen molar-refractivity contribution in [2.24, 2.45) is 5.92 Å². The first-order valence-corrected chi connectivity index (χ1v) is 4.84. The summed E-state index contributed by atoms with van der Waals surface area (Å²) in [4.78, 5) is 10.1. The largest absolute Gasteiger partial charge is 0.376 e. The van der Waals surface area contributed by atoms with Crippen molar-refractivity contribution in [1.29, 1.82) is 0 Å². The van der Waals surface area contributed by atoms with Crippen molar-refractivity contribution in [3.63, 3.8) is 0 Å². The molecular weight excluding hydrogens is 194 g/mol. The van der Waals surface area contributed by atoms with Crippen LogP contribution in [0.25, 0.3) is 0 Å². The van der Waals surface area contributed by atoms with Crippen LogP contribution in [0, 0.1) is 16.0 Å². The van der Waals surface area contributed by atoms with Gasteiger partial charge in [-0.25, -0.2) is 0 Å². The molecule has 82 valence electrons. The molecule has 0 bridgehead atoms. The molecule has 0 heterocycles. The molecule has 15 heavy (non-hydrogen) atoms. The first-order valence-electron chi connectivity index (χ1n) is 4.84. The molecule has 0 N–H and O–H groups in total. The lowest BCUT2D eigenvalue weighted by Gasteiger charge is -2.19. The second kappa shape index (κ2) is 5.46. The van der Waals surface area contributed by atoms with Crippen LogP contribution < -0.4 is 0 Å². The molecule has 0 aliphatic heterocycles. The maximum atomic E-state index is 10.4. The average Bonchev–Trinajstić information content (AvgIpc) is 2.19. The van der Waals surface area contributed by atoms with Gasteiger partial charge in [-0.3, -0.25) is 10.1 Å². The van der Waals surface area contributed by atoms with E-state index in [4.69, 9.17) is 4.74 Å². The number of ether oxygens (including phenoxy) is 1. The molecule has 0 aliphatic rings. The summed E-state index contributed by atoms with van der Waals surface area (Å²) in [6.45, 7) is 1.75. The zero-order valence-electron chi connectivity index (χ0n) is 8.92. The van der Waals surface area contributed by atoms with Gasteiger partial charge in [0.1, 0.15) is 0 Å². The Morgan fingerprint density at radius 1 is 1.40 bits per heavy atom. The maximum absolute atomic E-state index is 10.4. The Hall–Kier alpha value is -1.42. The number of nitro groups is 1. The van der Waals surface area contributed by atoms with Crippen LogP contribution in [0.1, 0.15) is 18.6 Å². The van der Waals surface area contributed by atoms with E-state index in [1.165, 1.54) is 0 Å². The highest BCUT2D eigenvalue weighted by atomic mass is 16.6. The van der Waals surface area contributed by atoms with E-state index in [0.29, 0.717) is 0 Å². The number of benzene rings is 1. The molecule has 0 saturated heterocycles. The maximum Gasteiger partial charge on any atom is 0.209 e. The van der Waals surface area contributed by atoms with Crippen molar-refractivity contribution >= 4 is 0 Å². The number of rotatable bonds is 5. The lowest BCUT2D eigenvalue weighted by Crippen LogP contribution is -2.20. The summed E-state index contributed by atoms with van der Waals surface area (Å²) in [6.07, 6.45) is -0.211. The molecule has 1 aromatic carbocycles. The van der Waals surface area contributed by atoms with Crippen molar-refractivity contribution < 1.29 is 9.66 Å². The fraction of sp³-hybridized carbons (Fsp3) is 0.455. The molecule has 1 rings (SSSR count). The smallest absolute Gasteiger partial charge is 0.209 e. The van der Waals surface area contributed by atoms with Crippen molar-refractivity contribution in [2.75, 3.05) is 13.7 Å². The Balaban J connectivity index is 2.75. The first-order chi connectivity index (χ1) is 7.15. The van der Waals surface area contributed by atoms with Gasteiger partial charge in [0, 0.05) is 12.0 Å². The van der Waals surface area contributed by atoms with Crippen molar-refractivity contribution in [3.8, 4) is 0 Å².